The molecule has 0 saturated heterocycles. The van der Waals surface area contributed by atoms with Crippen molar-refractivity contribution in [2.24, 2.45) is 11.1 Å². The van der Waals surface area contributed by atoms with Crippen LogP contribution in [-0.2, 0) is 13.3 Å². The van der Waals surface area contributed by atoms with Crippen molar-refractivity contribution < 1.29 is 13.3 Å². The van der Waals surface area contributed by atoms with E-state index >= 15 is 0 Å². The average molecular weight is 221 g/mol. The van der Waals surface area contributed by atoms with Gasteiger partial charge in [-0.2, -0.15) is 0 Å². The molecule has 2 N–H and O–H groups in total. The van der Waals surface area contributed by atoms with Gasteiger partial charge in [-0.3, -0.25) is 0 Å². The highest BCUT2D eigenvalue weighted by Gasteiger charge is 2.60. The predicted molar refractivity (Wildman–Crippen MR) is 58.8 cm³/mol. The minimum absolute atomic E-state index is 0.152. The fourth-order valence-corrected chi connectivity index (χ4v) is 4.04. The molecule has 0 amide bonds. The Bertz CT molecular complexity index is 177. The van der Waals surface area contributed by atoms with E-state index in [0.29, 0.717) is 0 Å². The zero-order valence-electron chi connectivity index (χ0n) is 10.3. The quantitative estimate of drug-likeness (QED) is 0.724. The third-order valence-corrected chi connectivity index (χ3v) is 6.63. The Kier molecular flexibility index (Phi) is 4.30. The fourth-order valence-electron chi connectivity index (χ4n) is 1.35. The normalized spacial score (nSPS) is 18.0. The molecule has 0 aromatic carbocycles. The van der Waals surface area contributed by atoms with Gasteiger partial charge < -0.3 is 19.0 Å². The fraction of sp³-hybridized carbons (Fsp3) is 1.00. The van der Waals surface area contributed by atoms with Crippen LogP contribution in [-0.4, -0.2) is 35.3 Å². The van der Waals surface area contributed by atoms with E-state index in [9.17, 15) is 0 Å². The molecule has 1 atom stereocenters. The van der Waals surface area contributed by atoms with Crippen molar-refractivity contribution in [3.8, 4) is 0 Å². The van der Waals surface area contributed by atoms with Crippen molar-refractivity contribution in [3.05, 3.63) is 0 Å². The molecule has 0 aromatic heterocycles. The maximum atomic E-state index is 6.29. The van der Waals surface area contributed by atoms with Gasteiger partial charge in [0.15, 0.2) is 0 Å². The topological polar surface area (TPSA) is 53.7 Å². The van der Waals surface area contributed by atoms with Crippen LogP contribution in [0.2, 0.25) is 0 Å². The van der Waals surface area contributed by atoms with Crippen molar-refractivity contribution in [3.63, 3.8) is 0 Å². The predicted octanol–water partition coefficient (Wildman–Crippen LogP) is 1.17. The molecule has 86 valence electrons. The molecule has 0 fully saturated rings. The van der Waals surface area contributed by atoms with E-state index in [1.54, 1.807) is 21.3 Å². The van der Waals surface area contributed by atoms with Crippen molar-refractivity contribution in [2.75, 3.05) is 21.3 Å². The molecule has 0 aliphatic rings. The summed E-state index contributed by atoms with van der Waals surface area (Å²) in [7, 11) is 1.94. The largest absolute Gasteiger partial charge is 0.521 e. The first-order valence-corrected chi connectivity index (χ1v) is 6.35. The van der Waals surface area contributed by atoms with Crippen molar-refractivity contribution in [2.45, 2.75) is 32.9 Å². The highest BCUT2D eigenvalue weighted by Crippen LogP contribution is 2.36. The highest BCUT2D eigenvalue weighted by atomic mass is 28.4. The summed E-state index contributed by atoms with van der Waals surface area (Å²) in [5.41, 5.74) is 6.14. The van der Waals surface area contributed by atoms with Gasteiger partial charge in [0.25, 0.3) is 0 Å². The van der Waals surface area contributed by atoms with Gasteiger partial charge in [0, 0.05) is 21.3 Å². The zero-order chi connectivity index (χ0) is 11.6. The lowest BCUT2D eigenvalue weighted by atomic mass is 9.88. The molecule has 0 saturated carbocycles. The average Bonchev–Trinajstić information content (AvgIpc) is 2.06. The van der Waals surface area contributed by atoms with Crippen LogP contribution in [0.5, 0.6) is 0 Å². The van der Waals surface area contributed by atoms with Gasteiger partial charge in [-0.25, -0.2) is 0 Å². The van der Waals surface area contributed by atoms with E-state index in [1.807, 2.05) is 27.7 Å². The highest BCUT2D eigenvalue weighted by molar-refractivity contribution is 6.64. The summed E-state index contributed by atoms with van der Waals surface area (Å²) in [4.78, 5) is 0. The first-order chi connectivity index (χ1) is 6.18. The van der Waals surface area contributed by atoms with Crippen LogP contribution >= 0.6 is 0 Å². The summed E-state index contributed by atoms with van der Waals surface area (Å²) >= 11 is 0. The number of hydrogen-bond donors (Lipinski definition) is 1. The maximum absolute atomic E-state index is 6.29. The molecule has 0 aliphatic carbocycles. The molecule has 14 heavy (non-hydrogen) atoms. The first kappa shape index (κ1) is 14.1. The molecule has 1 unspecified atom stereocenters. The molecule has 5 heteroatoms. The Balaban J connectivity index is 5.19. The Morgan fingerprint density at radius 1 is 0.857 bits per heavy atom. The summed E-state index contributed by atoms with van der Waals surface area (Å²) in [6.45, 7) is 8.05. The van der Waals surface area contributed by atoms with E-state index in [0.717, 1.165) is 0 Å². The zero-order valence-corrected chi connectivity index (χ0v) is 11.3. The number of nitrogens with two attached hydrogens (primary N) is 1. The minimum atomic E-state index is -2.80. The first-order valence-electron chi connectivity index (χ1n) is 4.63. The van der Waals surface area contributed by atoms with Crippen LogP contribution in [0.3, 0.4) is 0 Å². The van der Waals surface area contributed by atoms with Crippen LogP contribution in [0.1, 0.15) is 27.7 Å². The van der Waals surface area contributed by atoms with Crippen LogP contribution in [0.25, 0.3) is 0 Å². The molecule has 0 radical (unpaired) electrons. The molecule has 0 spiro atoms. The van der Waals surface area contributed by atoms with Gasteiger partial charge in [-0.1, -0.05) is 20.8 Å². The lowest BCUT2D eigenvalue weighted by Gasteiger charge is -2.46. The van der Waals surface area contributed by atoms with Crippen molar-refractivity contribution >= 4 is 8.80 Å². The van der Waals surface area contributed by atoms with E-state index in [2.05, 4.69) is 0 Å². The number of hydrogen-bond acceptors (Lipinski definition) is 4. The third-order valence-electron chi connectivity index (χ3n) is 3.00. The summed E-state index contributed by atoms with van der Waals surface area (Å²) in [6.07, 6.45) is 0. The van der Waals surface area contributed by atoms with Crippen LogP contribution in [0, 0.1) is 5.41 Å². The molecule has 0 heterocycles. The van der Waals surface area contributed by atoms with Crippen LogP contribution < -0.4 is 5.73 Å². The van der Waals surface area contributed by atoms with E-state index < -0.39 is 14.0 Å². The SMILES string of the molecule is CO[Si](OC)(OC)C(C)(N)C(C)(C)C. The van der Waals surface area contributed by atoms with E-state index in [-0.39, 0.29) is 5.41 Å². The summed E-state index contributed by atoms with van der Waals surface area (Å²) < 4.78 is 16.2. The Morgan fingerprint density at radius 2 is 1.14 bits per heavy atom. The Labute approximate surface area is 88.1 Å². The lowest BCUT2D eigenvalue weighted by Crippen LogP contribution is -2.72. The Hall–Kier alpha value is 0.0569. The smallest absolute Gasteiger partial charge is 0.376 e. The third kappa shape index (κ3) is 2.01. The van der Waals surface area contributed by atoms with Gasteiger partial charge in [0.2, 0.25) is 0 Å². The van der Waals surface area contributed by atoms with Crippen molar-refractivity contribution in [1.29, 1.82) is 0 Å². The van der Waals surface area contributed by atoms with Gasteiger partial charge in [0.1, 0.15) is 0 Å². The molecule has 0 aliphatic heterocycles. The van der Waals surface area contributed by atoms with Crippen LogP contribution in [0.15, 0.2) is 0 Å². The van der Waals surface area contributed by atoms with E-state index in [1.165, 1.54) is 0 Å². The van der Waals surface area contributed by atoms with Gasteiger partial charge >= 0.3 is 8.80 Å². The maximum Gasteiger partial charge on any atom is 0.521 e. The molecular weight excluding hydrogens is 198 g/mol. The van der Waals surface area contributed by atoms with Gasteiger partial charge in [-0.05, 0) is 12.3 Å². The standard InChI is InChI=1S/C9H23NO3Si/c1-8(2,3)9(4,10)14(11-5,12-6)13-7/h10H2,1-7H3. The molecular formula is C9H23NO3Si. The monoisotopic (exact) mass is 221 g/mol. The lowest BCUT2D eigenvalue weighted by molar-refractivity contribution is 0.0642. The minimum Gasteiger partial charge on any atom is -0.376 e. The second-order valence-electron chi connectivity index (χ2n) is 4.62. The Morgan fingerprint density at radius 3 is 1.21 bits per heavy atom. The van der Waals surface area contributed by atoms with Crippen LogP contribution in [0.4, 0.5) is 0 Å². The summed E-state index contributed by atoms with van der Waals surface area (Å²) in [5, 5.41) is -0.627. The van der Waals surface area contributed by atoms with Gasteiger partial charge in [-0.15, -0.1) is 0 Å². The molecule has 0 aromatic rings. The molecule has 0 rings (SSSR count). The summed E-state index contributed by atoms with van der Waals surface area (Å²) in [6, 6.07) is 0. The second kappa shape index (κ2) is 4.28. The molecule has 4 nitrogen and oxygen atoms in total. The van der Waals surface area contributed by atoms with Crippen molar-refractivity contribution in [1.82, 2.24) is 0 Å². The molecule has 0 bridgehead atoms. The summed E-state index contributed by atoms with van der Waals surface area (Å²) in [5.74, 6) is 0. The number of rotatable bonds is 4. The van der Waals surface area contributed by atoms with Gasteiger partial charge in [0.05, 0.1) is 5.16 Å². The van der Waals surface area contributed by atoms with E-state index in [4.69, 9.17) is 19.0 Å². The second-order valence-corrected chi connectivity index (χ2v) is 8.00.